The molecule has 14 heteroatoms. The smallest absolute Gasteiger partial charge is 0.488 e. The molecule has 3 fully saturated rings. The summed E-state index contributed by atoms with van der Waals surface area (Å²) in [5, 5.41) is 49.3. The number of rotatable bonds is 6. The van der Waals surface area contributed by atoms with Crippen LogP contribution in [0.3, 0.4) is 0 Å². The number of phenolic OH excluding ortho intramolecular Hbond substituents is 1. The quantitative estimate of drug-likeness (QED) is 0.138. The van der Waals surface area contributed by atoms with Crippen molar-refractivity contribution >= 4 is 60.2 Å². The Hall–Kier alpha value is -4.75. The lowest BCUT2D eigenvalue weighted by molar-refractivity contribution is -0.126. The van der Waals surface area contributed by atoms with Crippen molar-refractivity contribution in [3.63, 3.8) is 0 Å². The summed E-state index contributed by atoms with van der Waals surface area (Å²) in [7, 11) is -2.22. The van der Waals surface area contributed by atoms with Gasteiger partial charge >= 0.3 is 14.2 Å². The Labute approximate surface area is 269 Å². The minimum Gasteiger partial charge on any atom is -0.504 e. The first-order chi connectivity index (χ1) is 22.5. The Bertz CT molecular complexity index is 1860. The number of allylic oxidation sites excluding steroid dienone is 2. The largest absolute Gasteiger partial charge is 0.504 e. The van der Waals surface area contributed by atoms with E-state index in [1.165, 1.54) is 55.6 Å². The van der Waals surface area contributed by atoms with Crippen LogP contribution in [-0.2, 0) is 19.2 Å². The molecule has 47 heavy (non-hydrogen) atoms. The number of nitrogens with zero attached hydrogens (tertiary/aromatic N) is 2. The van der Waals surface area contributed by atoms with E-state index in [4.69, 9.17) is 4.74 Å². The van der Waals surface area contributed by atoms with E-state index in [2.05, 4.69) is 0 Å². The molecule has 6 unspecified atom stereocenters. The van der Waals surface area contributed by atoms with Crippen molar-refractivity contribution in [3.05, 3.63) is 83.9 Å². The van der Waals surface area contributed by atoms with E-state index in [-0.39, 0.29) is 46.6 Å². The molecular weight excluding hydrogens is 606 g/mol. The van der Waals surface area contributed by atoms with Crippen molar-refractivity contribution in [1.82, 2.24) is 0 Å². The van der Waals surface area contributed by atoms with Gasteiger partial charge in [0.15, 0.2) is 11.5 Å². The third kappa shape index (κ3) is 4.78. The Morgan fingerprint density at radius 3 is 1.85 bits per heavy atom. The lowest BCUT2D eigenvalue weighted by Gasteiger charge is -2.44. The van der Waals surface area contributed by atoms with Gasteiger partial charge in [-0.05, 0) is 71.6 Å². The first-order valence-corrected chi connectivity index (χ1v) is 15.3. The fraction of sp³-hybridized carbons (Fsp3) is 0.273. The third-order valence-electron chi connectivity index (χ3n) is 10.1. The zero-order valence-electron chi connectivity index (χ0n) is 25.1. The molecule has 3 aromatic carbocycles. The Morgan fingerprint density at radius 2 is 1.28 bits per heavy atom. The maximum atomic E-state index is 14.3. The van der Waals surface area contributed by atoms with Gasteiger partial charge in [0.25, 0.3) is 0 Å². The molecule has 12 nitrogen and oxygen atoms in total. The molecule has 0 aromatic heterocycles. The molecule has 6 atom stereocenters. The van der Waals surface area contributed by atoms with Crippen molar-refractivity contribution in [3.8, 4) is 11.5 Å². The highest BCUT2D eigenvalue weighted by molar-refractivity contribution is 6.59. The van der Waals surface area contributed by atoms with Crippen molar-refractivity contribution in [1.29, 1.82) is 0 Å². The van der Waals surface area contributed by atoms with Gasteiger partial charge in [-0.25, -0.2) is 0 Å². The summed E-state index contributed by atoms with van der Waals surface area (Å²) in [6.07, 6.45) is 2.22. The normalized spacial score (nSPS) is 26.5. The van der Waals surface area contributed by atoms with Crippen LogP contribution in [0.2, 0.25) is 0 Å². The lowest BCUT2D eigenvalue weighted by Crippen LogP contribution is -2.43. The molecule has 7 rings (SSSR count). The van der Waals surface area contributed by atoms with Crippen LogP contribution in [0, 0.1) is 29.6 Å². The molecule has 0 radical (unpaired) electrons. The standard InChI is InChI=1S/C33H30B2N2O10/c1-47-26-12-16(8-11-25(26)38)27-21-9-10-22-28(32(41)36(30(22)39)19-6-2-4-17(13-19)34(43)44)23(21)15-24-29(27)33(42)37(31(24)40)20-7-3-5-18(14-20)35(45)46/h2-9,11-14,22-24,27-29,38,43-46H,10,15H2,1H3. The zero-order chi connectivity index (χ0) is 33.3. The molecule has 5 N–H and O–H groups in total. The molecule has 2 aliphatic carbocycles. The first kappa shape index (κ1) is 30.9. The maximum absolute atomic E-state index is 14.3. The number of carbonyl (C=O) groups is 4. The van der Waals surface area contributed by atoms with Crippen molar-refractivity contribution in [2.45, 2.75) is 18.8 Å². The van der Waals surface area contributed by atoms with Crippen LogP contribution in [0.15, 0.2) is 78.4 Å². The highest BCUT2D eigenvalue weighted by atomic mass is 16.5. The van der Waals surface area contributed by atoms with Gasteiger partial charge in [-0.3, -0.25) is 29.0 Å². The van der Waals surface area contributed by atoms with Crippen LogP contribution in [-0.4, -0.2) is 70.2 Å². The van der Waals surface area contributed by atoms with E-state index in [1.54, 1.807) is 18.2 Å². The second-order valence-corrected chi connectivity index (χ2v) is 12.4. The number of anilines is 2. The monoisotopic (exact) mass is 636 g/mol. The minimum atomic E-state index is -1.82. The first-order valence-electron chi connectivity index (χ1n) is 15.3. The topological polar surface area (TPSA) is 185 Å². The van der Waals surface area contributed by atoms with Crippen LogP contribution in [0.5, 0.6) is 11.5 Å². The Balaban J connectivity index is 1.33. The fourth-order valence-corrected chi connectivity index (χ4v) is 8.01. The summed E-state index contributed by atoms with van der Waals surface area (Å²) in [6.45, 7) is 0. The van der Waals surface area contributed by atoms with Gasteiger partial charge in [0, 0.05) is 5.92 Å². The van der Waals surface area contributed by atoms with Gasteiger partial charge in [-0.2, -0.15) is 0 Å². The number of imide groups is 2. The Morgan fingerprint density at radius 1 is 0.702 bits per heavy atom. The Kier molecular flexibility index (Phi) is 7.55. The van der Waals surface area contributed by atoms with E-state index in [1.807, 2.05) is 6.08 Å². The third-order valence-corrected chi connectivity index (χ3v) is 10.1. The second-order valence-electron chi connectivity index (χ2n) is 12.4. The summed E-state index contributed by atoms with van der Waals surface area (Å²) >= 11 is 0. The highest BCUT2D eigenvalue weighted by Gasteiger charge is 2.62. The van der Waals surface area contributed by atoms with E-state index >= 15 is 0 Å². The van der Waals surface area contributed by atoms with Crippen molar-refractivity contribution < 1.29 is 49.1 Å². The van der Waals surface area contributed by atoms with Gasteiger partial charge < -0.3 is 29.9 Å². The number of fused-ring (bicyclic) bond motifs is 4. The molecule has 2 saturated heterocycles. The number of amides is 4. The average Bonchev–Trinajstić information content (AvgIpc) is 3.47. The molecule has 2 heterocycles. The molecular formula is C33H30B2N2O10. The number of methoxy groups -OCH3 is 1. The lowest BCUT2D eigenvalue weighted by atomic mass is 9.57. The molecule has 4 amide bonds. The summed E-state index contributed by atoms with van der Waals surface area (Å²) < 4.78 is 5.37. The van der Waals surface area contributed by atoms with E-state index in [9.17, 15) is 44.4 Å². The highest BCUT2D eigenvalue weighted by Crippen LogP contribution is 2.58. The predicted octanol–water partition coefficient (Wildman–Crippen LogP) is -0.194. The number of phenols is 1. The number of hydrogen-bond donors (Lipinski definition) is 5. The number of aromatic hydroxyl groups is 1. The summed E-state index contributed by atoms with van der Waals surface area (Å²) in [5.74, 6) is -6.45. The SMILES string of the molecule is COc1cc(C2C3=CCC4C(=O)N(c5cccc(B(O)O)c5)C(=O)C4C3CC3C(=O)N(c4cccc(B(O)O)c4)C(=O)C32)ccc1O. The molecule has 0 spiro atoms. The van der Waals surface area contributed by atoms with Gasteiger partial charge in [-0.1, -0.05) is 42.0 Å². The van der Waals surface area contributed by atoms with Gasteiger partial charge in [0.05, 0.1) is 42.2 Å². The summed E-state index contributed by atoms with van der Waals surface area (Å²) in [4.78, 5) is 58.6. The zero-order valence-corrected chi connectivity index (χ0v) is 25.1. The molecule has 2 aliphatic heterocycles. The maximum Gasteiger partial charge on any atom is 0.488 e. The predicted molar refractivity (Wildman–Crippen MR) is 170 cm³/mol. The van der Waals surface area contributed by atoms with E-state index in [0.29, 0.717) is 5.56 Å². The van der Waals surface area contributed by atoms with Crippen molar-refractivity contribution in [2.75, 3.05) is 16.9 Å². The summed E-state index contributed by atoms with van der Waals surface area (Å²) in [6, 6.07) is 16.5. The van der Waals surface area contributed by atoms with Crippen molar-refractivity contribution in [2.24, 2.45) is 29.6 Å². The molecule has 1 saturated carbocycles. The molecule has 238 valence electrons. The van der Waals surface area contributed by atoms with Gasteiger partial charge in [0.1, 0.15) is 0 Å². The molecule has 3 aromatic rings. The average molecular weight is 636 g/mol. The van der Waals surface area contributed by atoms with Crippen LogP contribution in [0.1, 0.15) is 24.3 Å². The number of carbonyl (C=O) groups excluding carboxylic acids is 4. The molecule has 4 aliphatic rings. The number of benzene rings is 3. The van der Waals surface area contributed by atoms with Crippen LogP contribution in [0.25, 0.3) is 0 Å². The second kappa shape index (κ2) is 11.5. The number of hydrogen-bond acceptors (Lipinski definition) is 10. The van der Waals surface area contributed by atoms with Crippen LogP contribution in [0.4, 0.5) is 11.4 Å². The number of ether oxygens (including phenoxy) is 1. The fourth-order valence-electron chi connectivity index (χ4n) is 8.01. The van der Waals surface area contributed by atoms with Gasteiger partial charge in [0.2, 0.25) is 23.6 Å². The van der Waals surface area contributed by atoms with Crippen LogP contribution < -0.4 is 25.5 Å². The molecule has 0 bridgehead atoms. The minimum absolute atomic E-state index is 0.102. The van der Waals surface area contributed by atoms with Gasteiger partial charge in [-0.15, -0.1) is 0 Å². The van der Waals surface area contributed by atoms with Crippen LogP contribution >= 0.6 is 0 Å². The van der Waals surface area contributed by atoms with E-state index in [0.717, 1.165) is 15.4 Å². The summed E-state index contributed by atoms with van der Waals surface area (Å²) in [5.41, 5.74) is 1.94. The van der Waals surface area contributed by atoms with E-state index < -0.39 is 73.4 Å².